The minimum atomic E-state index is -3.49. The van der Waals surface area contributed by atoms with Crippen LogP contribution in [0.25, 0.3) is 0 Å². The summed E-state index contributed by atoms with van der Waals surface area (Å²) in [5, 5.41) is 15.0. The van der Waals surface area contributed by atoms with Crippen LogP contribution in [0.3, 0.4) is 0 Å². The third kappa shape index (κ3) is 3.21. The zero-order valence-electron chi connectivity index (χ0n) is 10.3. The molecule has 0 bridgehead atoms. The summed E-state index contributed by atoms with van der Waals surface area (Å²) in [6, 6.07) is -0.0699. The van der Waals surface area contributed by atoms with E-state index in [4.69, 9.17) is 5.14 Å². The van der Waals surface area contributed by atoms with Crippen molar-refractivity contribution in [3.63, 3.8) is 0 Å². The highest BCUT2D eigenvalue weighted by molar-refractivity contribution is 7.89. The molecule has 2 rings (SSSR count). The van der Waals surface area contributed by atoms with Crippen molar-refractivity contribution in [2.45, 2.75) is 50.2 Å². The van der Waals surface area contributed by atoms with Crippen molar-refractivity contribution in [2.24, 2.45) is 5.14 Å². The van der Waals surface area contributed by atoms with Crippen molar-refractivity contribution < 1.29 is 18.3 Å². The van der Waals surface area contributed by atoms with Gasteiger partial charge in [0.25, 0.3) is 0 Å². The first kappa shape index (κ1) is 13.8. The van der Waals surface area contributed by atoms with E-state index in [-0.39, 0.29) is 30.5 Å². The quantitative estimate of drug-likeness (QED) is 0.711. The van der Waals surface area contributed by atoms with Gasteiger partial charge in [-0.2, -0.15) is 0 Å². The van der Waals surface area contributed by atoms with Gasteiger partial charge in [0.1, 0.15) is 0 Å². The fourth-order valence-corrected chi connectivity index (χ4v) is 3.20. The Balaban J connectivity index is 1.85. The molecular weight excluding hydrogens is 256 g/mol. The van der Waals surface area contributed by atoms with Crippen molar-refractivity contribution in [2.75, 3.05) is 12.3 Å². The molecule has 1 aliphatic carbocycles. The van der Waals surface area contributed by atoms with Gasteiger partial charge in [-0.3, -0.25) is 4.79 Å². The number of rotatable bonds is 5. The first-order valence-corrected chi connectivity index (χ1v) is 8.06. The van der Waals surface area contributed by atoms with Gasteiger partial charge in [-0.05, 0) is 32.1 Å². The van der Waals surface area contributed by atoms with Gasteiger partial charge in [-0.1, -0.05) is 0 Å². The number of carbonyl (C=O) groups excluding carboxylic acids is 1. The van der Waals surface area contributed by atoms with E-state index in [0.29, 0.717) is 6.54 Å². The Morgan fingerprint density at radius 2 is 2.11 bits per heavy atom. The second-order valence-corrected chi connectivity index (χ2v) is 7.05. The molecule has 0 spiro atoms. The SMILES string of the molecule is NS(=O)(=O)CCCC(=O)N1CCCC1C1(O)CC1. The summed E-state index contributed by atoms with van der Waals surface area (Å²) in [6.07, 6.45) is 3.71. The lowest BCUT2D eigenvalue weighted by Crippen LogP contribution is -2.44. The molecule has 1 amide bonds. The summed E-state index contributed by atoms with van der Waals surface area (Å²) in [5.74, 6) is -0.233. The first-order chi connectivity index (χ1) is 8.32. The highest BCUT2D eigenvalue weighted by atomic mass is 32.2. The molecule has 0 aromatic carbocycles. The van der Waals surface area contributed by atoms with Crippen LogP contribution in [0.1, 0.15) is 38.5 Å². The van der Waals surface area contributed by atoms with Crippen LogP contribution < -0.4 is 5.14 Å². The first-order valence-electron chi connectivity index (χ1n) is 6.34. The lowest BCUT2D eigenvalue weighted by molar-refractivity contribution is -0.134. The normalized spacial score (nSPS) is 26.3. The Labute approximate surface area is 107 Å². The van der Waals surface area contributed by atoms with Gasteiger partial charge < -0.3 is 10.0 Å². The van der Waals surface area contributed by atoms with Gasteiger partial charge in [0.2, 0.25) is 15.9 Å². The fraction of sp³-hybridized carbons (Fsp3) is 0.909. The standard InChI is InChI=1S/C11H20N2O4S/c12-18(16,17)8-2-4-10(14)13-7-1-3-9(13)11(15)5-6-11/h9,15H,1-8H2,(H2,12,16,17). The number of carbonyl (C=O) groups is 1. The number of likely N-dealkylation sites (tertiary alicyclic amines) is 1. The molecular formula is C11H20N2O4S. The Kier molecular flexibility index (Phi) is 3.66. The molecule has 0 aromatic heterocycles. The van der Waals surface area contributed by atoms with Crippen molar-refractivity contribution in [3.05, 3.63) is 0 Å². The Morgan fingerprint density at radius 3 is 2.67 bits per heavy atom. The molecule has 1 aliphatic heterocycles. The van der Waals surface area contributed by atoms with Gasteiger partial charge in [0.15, 0.2) is 0 Å². The molecule has 1 unspecified atom stereocenters. The maximum absolute atomic E-state index is 12.0. The van der Waals surface area contributed by atoms with E-state index in [1.807, 2.05) is 0 Å². The summed E-state index contributed by atoms with van der Waals surface area (Å²) in [5.41, 5.74) is -0.675. The van der Waals surface area contributed by atoms with Crippen molar-refractivity contribution in [1.82, 2.24) is 4.90 Å². The van der Waals surface area contributed by atoms with Crippen LogP contribution in [0.2, 0.25) is 0 Å². The number of hydrogen-bond acceptors (Lipinski definition) is 4. The predicted octanol–water partition coefficient (Wildman–Crippen LogP) is -0.429. The molecule has 1 atom stereocenters. The van der Waals surface area contributed by atoms with Crippen LogP contribution in [0.15, 0.2) is 0 Å². The summed E-state index contributed by atoms with van der Waals surface area (Å²) in [7, 11) is -3.49. The van der Waals surface area contributed by atoms with Crippen LogP contribution in [0, 0.1) is 0 Å². The molecule has 2 fully saturated rings. The topological polar surface area (TPSA) is 101 Å². The largest absolute Gasteiger partial charge is 0.388 e. The predicted molar refractivity (Wildman–Crippen MR) is 66.1 cm³/mol. The van der Waals surface area contributed by atoms with Crippen LogP contribution >= 0.6 is 0 Å². The molecule has 0 aromatic rings. The van der Waals surface area contributed by atoms with E-state index in [9.17, 15) is 18.3 Å². The molecule has 0 radical (unpaired) electrons. The molecule has 6 nitrogen and oxygen atoms in total. The number of primary sulfonamides is 1. The van der Waals surface area contributed by atoms with Gasteiger partial charge >= 0.3 is 0 Å². The lowest BCUT2D eigenvalue weighted by atomic mass is 10.1. The molecule has 1 saturated heterocycles. The Morgan fingerprint density at radius 1 is 1.44 bits per heavy atom. The number of amides is 1. The average Bonchev–Trinajstić information content (AvgIpc) is 2.80. The van der Waals surface area contributed by atoms with Crippen LogP contribution in [-0.4, -0.2) is 48.3 Å². The van der Waals surface area contributed by atoms with E-state index < -0.39 is 15.6 Å². The molecule has 2 aliphatic rings. The summed E-state index contributed by atoms with van der Waals surface area (Å²) in [4.78, 5) is 13.7. The zero-order chi connectivity index (χ0) is 13.4. The highest BCUT2D eigenvalue weighted by Crippen LogP contribution is 2.44. The van der Waals surface area contributed by atoms with Gasteiger partial charge in [0.05, 0.1) is 17.4 Å². The second-order valence-electron chi connectivity index (χ2n) is 5.32. The Bertz CT molecular complexity index is 430. The van der Waals surface area contributed by atoms with E-state index >= 15 is 0 Å². The maximum atomic E-state index is 12.0. The zero-order valence-corrected chi connectivity index (χ0v) is 11.2. The third-order valence-electron chi connectivity index (χ3n) is 3.78. The van der Waals surface area contributed by atoms with E-state index in [1.165, 1.54) is 0 Å². The third-order valence-corrected chi connectivity index (χ3v) is 4.63. The second kappa shape index (κ2) is 4.79. The summed E-state index contributed by atoms with van der Waals surface area (Å²) >= 11 is 0. The smallest absolute Gasteiger partial charge is 0.222 e. The molecule has 104 valence electrons. The van der Waals surface area contributed by atoms with Gasteiger partial charge in [-0.15, -0.1) is 0 Å². The number of nitrogens with two attached hydrogens (primary N) is 1. The molecule has 1 heterocycles. The van der Waals surface area contributed by atoms with E-state index in [1.54, 1.807) is 4.90 Å². The maximum Gasteiger partial charge on any atom is 0.222 e. The van der Waals surface area contributed by atoms with E-state index in [2.05, 4.69) is 0 Å². The number of nitrogens with zero attached hydrogens (tertiary/aromatic N) is 1. The highest BCUT2D eigenvalue weighted by Gasteiger charge is 2.52. The van der Waals surface area contributed by atoms with Crippen molar-refractivity contribution in [3.8, 4) is 0 Å². The van der Waals surface area contributed by atoms with Crippen LogP contribution in [0.4, 0.5) is 0 Å². The number of aliphatic hydroxyl groups is 1. The Hall–Kier alpha value is -0.660. The van der Waals surface area contributed by atoms with Crippen LogP contribution in [0.5, 0.6) is 0 Å². The minimum Gasteiger partial charge on any atom is -0.388 e. The minimum absolute atomic E-state index is 0.0681. The fourth-order valence-electron chi connectivity index (χ4n) is 2.65. The average molecular weight is 276 g/mol. The van der Waals surface area contributed by atoms with E-state index in [0.717, 1.165) is 25.7 Å². The van der Waals surface area contributed by atoms with Gasteiger partial charge in [0, 0.05) is 13.0 Å². The summed E-state index contributed by atoms with van der Waals surface area (Å²) < 4.78 is 21.6. The number of sulfonamides is 1. The van der Waals surface area contributed by atoms with Crippen LogP contribution in [-0.2, 0) is 14.8 Å². The molecule has 7 heteroatoms. The summed E-state index contributed by atoms with van der Waals surface area (Å²) in [6.45, 7) is 0.668. The lowest BCUT2D eigenvalue weighted by Gasteiger charge is -2.28. The molecule has 18 heavy (non-hydrogen) atoms. The van der Waals surface area contributed by atoms with Crippen molar-refractivity contribution >= 4 is 15.9 Å². The van der Waals surface area contributed by atoms with Crippen molar-refractivity contribution in [1.29, 1.82) is 0 Å². The number of hydrogen-bond donors (Lipinski definition) is 2. The molecule has 1 saturated carbocycles. The van der Waals surface area contributed by atoms with Gasteiger partial charge in [-0.25, -0.2) is 13.6 Å². The monoisotopic (exact) mass is 276 g/mol. The molecule has 3 N–H and O–H groups in total.